The third-order valence-electron chi connectivity index (χ3n) is 3.99. The van der Waals surface area contributed by atoms with E-state index in [2.05, 4.69) is 15.6 Å². The van der Waals surface area contributed by atoms with Crippen LogP contribution in [0.3, 0.4) is 0 Å². The van der Waals surface area contributed by atoms with Gasteiger partial charge in [0.05, 0.1) is 6.20 Å². The SMILES string of the molecule is Cn1nncc1S(=O)(=O)N1CCCC(CNC(=O)C(C)(C)C)C1. The molecule has 8 nitrogen and oxygen atoms in total. The number of hydrogen-bond donors (Lipinski definition) is 1. The van der Waals surface area contributed by atoms with Gasteiger partial charge in [0.1, 0.15) is 0 Å². The van der Waals surface area contributed by atoms with Gasteiger partial charge in [0, 0.05) is 32.1 Å². The van der Waals surface area contributed by atoms with Gasteiger partial charge in [-0.3, -0.25) is 4.79 Å². The summed E-state index contributed by atoms with van der Waals surface area (Å²) in [6.45, 7) is 6.95. The van der Waals surface area contributed by atoms with E-state index < -0.39 is 15.4 Å². The van der Waals surface area contributed by atoms with Crippen molar-refractivity contribution in [2.24, 2.45) is 18.4 Å². The second-order valence-corrected chi connectivity index (χ2v) is 8.91. The van der Waals surface area contributed by atoms with Gasteiger partial charge in [0.25, 0.3) is 10.0 Å². The van der Waals surface area contributed by atoms with Crippen molar-refractivity contribution in [1.82, 2.24) is 24.6 Å². The van der Waals surface area contributed by atoms with Crippen molar-refractivity contribution in [3.63, 3.8) is 0 Å². The average molecular weight is 343 g/mol. The molecule has 1 unspecified atom stereocenters. The minimum Gasteiger partial charge on any atom is -0.355 e. The molecule has 1 N–H and O–H groups in total. The summed E-state index contributed by atoms with van der Waals surface area (Å²) in [5.74, 6) is 0.0966. The highest BCUT2D eigenvalue weighted by atomic mass is 32.2. The fourth-order valence-corrected chi connectivity index (χ4v) is 4.15. The second kappa shape index (κ2) is 6.56. The molecule has 2 rings (SSSR count). The zero-order chi connectivity index (χ0) is 17.3. The third kappa shape index (κ3) is 4.08. The van der Waals surface area contributed by atoms with E-state index in [1.54, 1.807) is 7.05 Å². The number of piperidine rings is 1. The maximum absolute atomic E-state index is 12.6. The molecule has 130 valence electrons. The third-order valence-corrected chi connectivity index (χ3v) is 5.90. The van der Waals surface area contributed by atoms with Gasteiger partial charge in [0.2, 0.25) is 5.91 Å². The number of carbonyl (C=O) groups excluding carboxylic acids is 1. The Kier molecular flexibility index (Phi) is 5.10. The first-order valence-electron chi connectivity index (χ1n) is 7.75. The summed E-state index contributed by atoms with van der Waals surface area (Å²) in [5.41, 5.74) is -0.444. The van der Waals surface area contributed by atoms with E-state index in [-0.39, 0.29) is 16.9 Å². The van der Waals surface area contributed by atoms with Crippen molar-refractivity contribution >= 4 is 15.9 Å². The van der Waals surface area contributed by atoms with E-state index in [1.807, 2.05) is 20.8 Å². The number of aromatic nitrogens is 3. The van der Waals surface area contributed by atoms with Gasteiger partial charge >= 0.3 is 0 Å². The molecule has 2 heterocycles. The number of carbonyl (C=O) groups is 1. The van der Waals surface area contributed by atoms with E-state index >= 15 is 0 Å². The van der Waals surface area contributed by atoms with Gasteiger partial charge in [-0.15, -0.1) is 5.10 Å². The standard InChI is InChI=1S/C14H25N5O3S/c1-14(2,3)13(20)15-8-11-6-5-7-19(10-11)23(21,22)12-9-16-17-18(12)4/h9,11H,5-8,10H2,1-4H3,(H,15,20). The Balaban J connectivity index is 2.01. The van der Waals surface area contributed by atoms with Crippen molar-refractivity contribution in [3.8, 4) is 0 Å². The summed E-state index contributed by atoms with van der Waals surface area (Å²) in [7, 11) is -2.03. The zero-order valence-electron chi connectivity index (χ0n) is 14.1. The van der Waals surface area contributed by atoms with E-state index in [0.717, 1.165) is 12.8 Å². The van der Waals surface area contributed by atoms with Crippen LogP contribution in [0.1, 0.15) is 33.6 Å². The number of amides is 1. The molecule has 0 saturated carbocycles. The summed E-state index contributed by atoms with van der Waals surface area (Å²) < 4.78 is 28.0. The van der Waals surface area contributed by atoms with E-state index in [0.29, 0.717) is 19.6 Å². The smallest absolute Gasteiger partial charge is 0.261 e. The monoisotopic (exact) mass is 343 g/mol. The molecule has 1 aromatic heterocycles. The lowest BCUT2D eigenvalue weighted by Gasteiger charge is -2.32. The van der Waals surface area contributed by atoms with Gasteiger partial charge in [0.15, 0.2) is 5.03 Å². The number of rotatable bonds is 4. The molecule has 0 radical (unpaired) electrons. The van der Waals surface area contributed by atoms with Crippen LogP contribution in [-0.2, 0) is 21.9 Å². The summed E-state index contributed by atoms with van der Waals surface area (Å²) in [4.78, 5) is 12.0. The van der Waals surface area contributed by atoms with Crippen LogP contribution in [-0.4, -0.2) is 53.3 Å². The van der Waals surface area contributed by atoms with Gasteiger partial charge in [-0.05, 0) is 18.8 Å². The van der Waals surface area contributed by atoms with Crippen LogP contribution in [0.5, 0.6) is 0 Å². The Hall–Kier alpha value is -1.48. The van der Waals surface area contributed by atoms with Crippen molar-refractivity contribution in [3.05, 3.63) is 6.20 Å². The van der Waals surface area contributed by atoms with Crippen LogP contribution in [0.2, 0.25) is 0 Å². The average Bonchev–Trinajstić information content (AvgIpc) is 2.91. The van der Waals surface area contributed by atoms with Crippen molar-refractivity contribution < 1.29 is 13.2 Å². The molecule has 1 atom stereocenters. The number of aryl methyl sites for hydroxylation is 1. The van der Waals surface area contributed by atoms with Crippen LogP contribution in [0.25, 0.3) is 0 Å². The van der Waals surface area contributed by atoms with Crippen molar-refractivity contribution in [1.29, 1.82) is 0 Å². The Labute approximate surface area is 137 Å². The highest BCUT2D eigenvalue weighted by Crippen LogP contribution is 2.23. The Bertz CT molecular complexity index is 662. The maximum atomic E-state index is 12.6. The van der Waals surface area contributed by atoms with Gasteiger partial charge in [-0.2, -0.15) is 4.31 Å². The minimum atomic E-state index is -3.59. The van der Waals surface area contributed by atoms with Crippen LogP contribution in [0.15, 0.2) is 11.2 Å². The number of hydrogen-bond acceptors (Lipinski definition) is 5. The lowest BCUT2D eigenvalue weighted by molar-refractivity contribution is -0.128. The van der Waals surface area contributed by atoms with Gasteiger partial charge in [-0.25, -0.2) is 13.1 Å². The summed E-state index contributed by atoms with van der Waals surface area (Å²) in [6.07, 6.45) is 2.95. The molecule has 23 heavy (non-hydrogen) atoms. The van der Waals surface area contributed by atoms with Crippen molar-refractivity contribution in [2.75, 3.05) is 19.6 Å². The van der Waals surface area contributed by atoms with Crippen LogP contribution in [0, 0.1) is 11.3 Å². The largest absolute Gasteiger partial charge is 0.355 e. The number of nitrogens with one attached hydrogen (secondary N) is 1. The van der Waals surface area contributed by atoms with Gasteiger partial charge in [-0.1, -0.05) is 26.0 Å². The topological polar surface area (TPSA) is 97.2 Å². The molecule has 0 spiro atoms. The normalized spacial score (nSPS) is 20.4. The van der Waals surface area contributed by atoms with Gasteiger partial charge < -0.3 is 5.32 Å². The molecule has 9 heteroatoms. The lowest BCUT2D eigenvalue weighted by Crippen LogP contribution is -2.45. The molecule has 1 amide bonds. The Morgan fingerprint density at radius 1 is 1.43 bits per heavy atom. The lowest BCUT2D eigenvalue weighted by atomic mass is 9.94. The number of sulfonamides is 1. The summed E-state index contributed by atoms with van der Waals surface area (Å²) in [6, 6.07) is 0. The predicted molar refractivity (Wildman–Crippen MR) is 85.0 cm³/mol. The molecule has 0 aliphatic carbocycles. The zero-order valence-corrected chi connectivity index (χ0v) is 14.9. The quantitative estimate of drug-likeness (QED) is 0.852. The molecule has 1 aliphatic heterocycles. The summed E-state index contributed by atoms with van der Waals surface area (Å²) in [5, 5.41) is 10.3. The van der Waals surface area contributed by atoms with Crippen LogP contribution >= 0.6 is 0 Å². The molecule has 1 fully saturated rings. The van der Waals surface area contributed by atoms with E-state index in [9.17, 15) is 13.2 Å². The molecular weight excluding hydrogens is 318 g/mol. The summed E-state index contributed by atoms with van der Waals surface area (Å²) >= 11 is 0. The van der Waals surface area contributed by atoms with Crippen LogP contribution < -0.4 is 5.32 Å². The molecule has 0 aromatic carbocycles. The molecule has 0 bridgehead atoms. The molecule has 1 aromatic rings. The highest BCUT2D eigenvalue weighted by molar-refractivity contribution is 7.89. The second-order valence-electron chi connectivity index (χ2n) is 7.03. The maximum Gasteiger partial charge on any atom is 0.261 e. The van der Waals surface area contributed by atoms with Crippen molar-refractivity contribution in [2.45, 2.75) is 38.6 Å². The first kappa shape index (κ1) is 17.9. The molecule has 1 aliphatic rings. The Morgan fingerprint density at radius 3 is 2.70 bits per heavy atom. The van der Waals surface area contributed by atoms with E-state index in [1.165, 1.54) is 15.2 Å². The van der Waals surface area contributed by atoms with Crippen LogP contribution in [0.4, 0.5) is 0 Å². The molecular formula is C14H25N5O3S. The first-order valence-corrected chi connectivity index (χ1v) is 9.19. The molecule has 1 saturated heterocycles. The van der Waals surface area contributed by atoms with E-state index in [4.69, 9.17) is 0 Å². The highest BCUT2D eigenvalue weighted by Gasteiger charge is 2.33. The first-order chi connectivity index (χ1) is 10.6. The fourth-order valence-electron chi connectivity index (χ4n) is 2.56. The fraction of sp³-hybridized carbons (Fsp3) is 0.786. The number of nitrogens with zero attached hydrogens (tertiary/aromatic N) is 4. The predicted octanol–water partition coefficient (Wildman–Crippen LogP) is 0.378. The Morgan fingerprint density at radius 2 is 2.13 bits per heavy atom. The minimum absolute atomic E-state index is 0.0201.